The first kappa shape index (κ1) is 20.2. The van der Waals surface area contributed by atoms with Crippen molar-refractivity contribution in [3.8, 4) is 0 Å². The van der Waals surface area contributed by atoms with Gasteiger partial charge in [0.1, 0.15) is 5.82 Å². The smallest absolute Gasteiger partial charge is 0.303 e. The molecule has 1 aromatic carbocycles. The zero-order chi connectivity index (χ0) is 19.5. The van der Waals surface area contributed by atoms with Crippen molar-refractivity contribution < 1.29 is 23.8 Å². The third kappa shape index (κ3) is 5.69. The molecule has 0 saturated carbocycles. The Bertz CT molecular complexity index is 668. The first-order valence-corrected chi connectivity index (χ1v) is 8.77. The quantitative estimate of drug-likeness (QED) is 0.808. The van der Waals surface area contributed by atoms with Gasteiger partial charge in [-0.15, -0.1) is 0 Å². The highest BCUT2D eigenvalue weighted by Gasteiger charge is 2.26. The minimum absolute atomic E-state index is 0.0222. The molecule has 0 bridgehead atoms. The van der Waals surface area contributed by atoms with Crippen LogP contribution in [0.4, 0.5) is 15.8 Å². The molecule has 2 N–H and O–H groups in total. The molecule has 1 heterocycles. The number of aliphatic carboxylic acids is 1. The average Bonchev–Trinajstić information content (AvgIpc) is 2.43. The number of ether oxygens (including phenoxy) is 1. The number of benzene rings is 1. The van der Waals surface area contributed by atoms with Gasteiger partial charge in [-0.2, -0.15) is 0 Å². The van der Waals surface area contributed by atoms with Gasteiger partial charge in [-0.25, -0.2) is 4.39 Å². The minimum Gasteiger partial charge on any atom is -0.481 e. The van der Waals surface area contributed by atoms with E-state index in [-0.39, 0.29) is 31.0 Å². The SMILES string of the molecule is CC1CN(c2ccc(NC(=O)CC(C)(C)CC(=O)O)cc2F)CC(C)O1. The van der Waals surface area contributed by atoms with Crippen molar-refractivity contribution in [3.63, 3.8) is 0 Å². The van der Waals surface area contributed by atoms with Crippen LogP contribution in [0.15, 0.2) is 18.2 Å². The molecule has 0 aromatic heterocycles. The number of carboxylic acid groups (broad SMARTS) is 1. The van der Waals surface area contributed by atoms with Crippen molar-refractivity contribution in [2.45, 2.75) is 52.7 Å². The molecule has 0 spiro atoms. The molecule has 1 aromatic rings. The molecule has 26 heavy (non-hydrogen) atoms. The van der Waals surface area contributed by atoms with Crippen molar-refractivity contribution in [2.75, 3.05) is 23.3 Å². The summed E-state index contributed by atoms with van der Waals surface area (Å²) >= 11 is 0. The Morgan fingerprint density at radius 2 is 1.88 bits per heavy atom. The van der Waals surface area contributed by atoms with Crippen LogP contribution in [0.5, 0.6) is 0 Å². The number of rotatable bonds is 6. The lowest BCUT2D eigenvalue weighted by atomic mass is 9.85. The molecular weight excluding hydrogens is 339 g/mol. The second kappa shape index (κ2) is 8.03. The lowest BCUT2D eigenvalue weighted by Gasteiger charge is -2.37. The van der Waals surface area contributed by atoms with Crippen LogP contribution in [0.25, 0.3) is 0 Å². The zero-order valence-corrected chi connectivity index (χ0v) is 15.7. The molecule has 2 atom stereocenters. The Hall–Kier alpha value is -2.15. The monoisotopic (exact) mass is 366 g/mol. The molecule has 1 amide bonds. The molecule has 0 aliphatic carbocycles. The summed E-state index contributed by atoms with van der Waals surface area (Å²) in [5.41, 5.74) is 0.169. The second-order valence-corrected chi connectivity index (χ2v) is 7.79. The van der Waals surface area contributed by atoms with E-state index in [4.69, 9.17) is 9.84 Å². The largest absolute Gasteiger partial charge is 0.481 e. The molecule has 1 aliphatic heterocycles. The van der Waals surface area contributed by atoms with Crippen LogP contribution in [0, 0.1) is 11.2 Å². The highest BCUT2D eigenvalue weighted by molar-refractivity contribution is 5.91. The number of hydrogen-bond donors (Lipinski definition) is 2. The van der Waals surface area contributed by atoms with E-state index in [9.17, 15) is 14.0 Å². The van der Waals surface area contributed by atoms with Gasteiger partial charge in [0.05, 0.1) is 24.3 Å². The summed E-state index contributed by atoms with van der Waals surface area (Å²) in [6, 6.07) is 4.60. The van der Waals surface area contributed by atoms with E-state index in [0.717, 1.165) is 0 Å². The van der Waals surface area contributed by atoms with E-state index in [0.29, 0.717) is 24.5 Å². The Morgan fingerprint density at radius 1 is 1.27 bits per heavy atom. The molecule has 7 heteroatoms. The van der Waals surface area contributed by atoms with Crippen LogP contribution in [-0.4, -0.2) is 42.3 Å². The molecule has 2 unspecified atom stereocenters. The molecule has 144 valence electrons. The predicted molar refractivity (Wildman–Crippen MR) is 97.9 cm³/mol. The minimum atomic E-state index is -0.952. The van der Waals surface area contributed by atoms with E-state index < -0.39 is 17.2 Å². The first-order valence-electron chi connectivity index (χ1n) is 8.77. The maximum atomic E-state index is 14.5. The number of morpholine rings is 1. The number of hydrogen-bond acceptors (Lipinski definition) is 4. The van der Waals surface area contributed by atoms with Gasteiger partial charge in [0.25, 0.3) is 0 Å². The Morgan fingerprint density at radius 3 is 2.42 bits per heavy atom. The predicted octanol–water partition coefficient (Wildman–Crippen LogP) is 3.27. The fraction of sp³-hybridized carbons (Fsp3) is 0.579. The third-order valence-electron chi connectivity index (χ3n) is 4.26. The summed E-state index contributed by atoms with van der Waals surface area (Å²) in [6.45, 7) is 8.55. The molecule has 6 nitrogen and oxygen atoms in total. The number of anilines is 2. The van der Waals surface area contributed by atoms with Crippen molar-refractivity contribution in [2.24, 2.45) is 5.41 Å². The van der Waals surface area contributed by atoms with Gasteiger partial charge in [0.2, 0.25) is 5.91 Å². The zero-order valence-electron chi connectivity index (χ0n) is 15.7. The van der Waals surface area contributed by atoms with E-state index in [1.54, 1.807) is 26.0 Å². The van der Waals surface area contributed by atoms with Crippen LogP contribution in [0.1, 0.15) is 40.5 Å². The number of halogens is 1. The number of carbonyl (C=O) groups is 2. The summed E-state index contributed by atoms with van der Waals surface area (Å²) in [7, 11) is 0. The van der Waals surface area contributed by atoms with Gasteiger partial charge in [-0.05, 0) is 37.5 Å². The lowest BCUT2D eigenvalue weighted by Crippen LogP contribution is -2.45. The fourth-order valence-corrected chi connectivity index (χ4v) is 3.33. The average molecular weight is 366 g/mol. The van der Waals surface area contributed by atoms with E-state index >= 15 is 0 Å². The number of carbonyl (C=O) groups excluding carboxylic acids is 1. The summed E-state index contributed by atoms with van der Waals surface area (Å²) < 4.78 is 20.2. The Balaban J connectivity index is 2.03. The number of carboxylic acids is 1. The molecule has 1 fully saturated rings. The van der Waals surface area contributed by atoms with Gasteiger partial charge in [-0.1, -0.05) is 13.8 Å². The number of nitrogens with zero attached hydrogens (tertiary/aromatic N) is 1. The van der Waals surface area contributed by atoms with Gasteiger partial charge in [-0.3, -0.25) is 9.59 Å². The van der Waals surface area contributed by atoms with Crippen LogP contribution < -0.4 is 10.2 Å². The molecular formula is C19H27FN2O4. The van der Waals surface area contributed by atoms with Crippen molar-refractivity contribution in [3.05, 3.63) is 24.0 Å². The normalized spacial score (nSPS) is 20.7. The maximum absolute atomic E-state index is 14.5. The maximum Gasteiger partial charge on any atom is 0.303 e. The van der Waals surface area contributed by atoms with Crippen LogP contribution >= 0.6 is 0 Å². The van der Waals surface area contributed by atoms with Crippen molar-refractivity contribution >= 4 is 23.3 Å². The highest BCUT2D eigenvalue weighted by Crippen LogP contribution is 2.28. The molecule has 0 radical (unpaired) electrons. The van der Waals surface area contributed by atoms with Crippen molar-refractivity contribution in [1.82, 2.24) is 0 Å². The summed E-state index contributed by atoms with van der Waals surface area (Å²) in [4.78, 5) is 24.9. The summed E-state index contributed by atoms with van der Waals surface area (Å²) in [5.74, 6) is -1.70. The Labute approximate surface area is 153 Å². The number of nitrogens with one attached hydrogen (secondary N) is 1. The lowest BCUT2D eigenvalue weighted by molar-refractivity contribution is -0.139. The number of amides is 1. The third-order valence-corrected chi connectivity index (χ3v) is 4.26. The summed E-state index contributed by atoms with van der Waals surface area (Å²) in [6.07, 6.45) is -0.0227. The topological polar surface area (TPSA) is 78.9 Å². The van der Waals surface area contributed by atoms with E-state index in [1.165, 1.54) is 6.07 Å². The van der Waals surface area contributed by atoms with Crippen LogP contribution in [0.2, 0.25) is 0 Å². The standard InChI is InChI=1S/C19H27FN2O4/c1-12-10-22(11-13(2)26-12)16-6-5-14(7-15(16)20)21-17(23)8-19(3,4)9-18(24)25/h5-7,12-13H,8-11H2,1-4H3,(H,21,23)(H,24,25). The fourth-order valence-electron chi connectivity index (χ4n) is 3.33. The second-order valence-electron chi connectivity index (χ2n) is 7.79. The van der Waals surface area contributed by atoms with Gasteiger partial charge < -0.3 is 20.1 Å². The van der Waals surface area contributed by atoms with Gasteiger partial charge >= 0.3 is 5.97 Å². The van der Waals surface area contributed by atoms with E-state index in [1.807, 2.05) is 18.7 Å². The van der Waals surface area contributed by atoms with Crippen molar-refractivity contribution in [1.29, 1.82) is 0 Å². The van der Waals surface area contributed by atoms with Crippen LogP contribution in [-0.2, 0) is 14.3 Å². The summed E-state index contributed by atoms with van der Waals surface area (Å²) in [5, 5.41) is 11.5. The van der Waals surface area contributed by atoms with Gasteiger partial charge in [0.15, 0.2) is 0 Å². The molecule has 1 aliphatic rings. The van der Waals surface area contributed by atoms with Crippen LogP contribution in [0.3, 0.4) is 0 Å². The highest BCUT2D eigenvalue weighted by atomic mass is 19.1. The molecule has 2 rings (SSSR count). The van der Waals surface area contributed by atoms with Gasteiger partial charge in [0, 0.05) is 25.2 Å². The molecule has 1 saturated heterocycles. The van der Waals surface area contributed by atoms with E-state index in [2.05, 4.69) is 5.32 Å². The Kier molecular flexibility index (Phi) is 6.23. The first-order chi connectivity index (χ1) is 12.1.